The van der Waals surface area contributed by atoms with Gasteiger partial charge in [0.05, 0.1) is 11.1 Å². The van der Waals surface area contributed by atoms with Crippen molar-refractivity contribution < 1.29 is 24.3 Å². The number of carbonyl (C=O) groups is 4. The highest BCUT2D eigenvalue weighted by Crippen LogP contribution is 2.22. The molecule has 7 nitrogen and oxygen atoms in total. The first-order valence-corrected chi connectivity index (χ1v) is 6.44. The average molecular weight is 290 g/mol. The summed E-state index contributed by atoms with van der Waals surface area (Å²) in [5.74, 6) is -2.26. The Labute approximate surface area is 120 Å². The molecule has 3 amide bonds. The van der Waals surface area contributed by atoms with Gasteiger partial charge in [0.1, 0.15) is 6.54 Å². The van der Waals surface area contributed by atoms with E-state index in [0.29, 0.717) is 11.1 Å². The zero-order chi connectivity index (χ0) is 15.4. The second-order valence-electron chi connectivity index (χ2n) is 4.58. The third-order valence-corrected chi connectivity index (χ3v) is 3.10. The van der Waals surface area contributed by atoms with Gasteiger partial charge in [-0.25, -0.2) is 0 Å². The fourth-order valence-electron chi connectivity index (χ4n) is 2.10. The van der Waals surface area contributed by atoms with E-state index in [0.717, 1.165) is 4.90 Å². The van der Waals surface area contributed by atoms with E-state index in [9.17, 15) is 19.2 Å². The third-order valence-electron chi connectivity index (χ3n) is 3.10. The Hall–Kier alpha value is -2.70. The van der Waals surface area contributed by atoms with Gasteiger partial charge in [0, 0.05) is 13.0 Å². The highest BCUT2D eigenvalue weighted by atomic mass is 16.4. The molecule has 1 heterocycles. The number of benzene rings is 1. The van der Waals surface area contributed by atoms with Crippen molar-refractivity contribution in [1.29, 1.82) is 0 Å². The van der Waals surface area contributed by atoms with Crippen LogP contribution >= 0.6 is 0 Å². The van der Waals surface area contributed by atoms with Crippen LogP contribution in [0.25, 0.3) is 0 Å². The number of nitrogens with zero attached hydrogens (tertiary/aromatic N) is 1. The van der Waals surface area contributed by atoms with Crippen molar-refractivity contribution in [2.24, 2.45) is 0 Å². The lowest BCUT2D eigenvalue weighted by Crippen LogP contribution is -2.33. The Morgan fingerprint density at radius 3 is 2.19 bits per heavy atom. The maximum atomic E-state index is 12.0. The van der Waals surface area contributed by atoms with Crippen LogP contribution in [0.15, 0.2) is 24.3 Å². The van der Waals surface area contributed by atoms with E-state index in [4.69, 9.17) is 5.11 Å². The molecule has 2 rings (SSSR count). The fraction of sp³-hybridized carbons (Fsp3) is 0.286. The Morgan fingerprint density at radius 1 is 1.10 bits per heavy atom. The smallest absolute Gasteiger partial charge is 0.322 e. The molecule has 7 heteroatoms. The van der Waals surface area contributed by atoms with Crippen molar-refractivity contribution in [1.82, 2.24) is 10.2 Å². The summed E-state index contributed by atoms with van der Waals surface area (Å²) in [6.07, 6.45) is 0.345. The van der Waals surface area contributed by atoms with Crippen molar-refractivity contribution >= 4 is 23.7 Å². The molecule has 0 radical (unpaired) electrons. The lowest BCUT2D eigenvalue weighted by Gasteiger charge is -2.13. The number of carbonyl (C=O) groups excluding carboxylic acids is 3. The molecule has 1 aromatic carbocycles. The van der Waals surface area contributed by atoms with Crippen LogP contribution < -0.4 is 5.32 Å². The Bertz CT molecular complexity index is 576. The summed E-state index contributed by atoms with van der Waals surface area (Å²) in [6, 6.07) is 6.56. The van der Waals surface area contributed by atoms with Gasteiger partial charge in [-0.2, -0.15) is 0 Å². The SMILES string of the molecule is O=C(O)CNC(=O)CCCN1C(=O)c2ccccc2C1=O. The molecule has 1 aromatic rings. The molecule has 0 saturated heterocycles. The van der Waals surface area contributed by atoms with Crippen molar-refractivity contribution in [2.45, 2.75) is 12.8 Å². The number of carboxylic acids is 1. The number of hydrogen-bond donors (Lipinski definition) is 2. The van der Waals surface area contributed by atoms with Crippen molar-refractivity contribution in [3.63, 3.8) is 0 Å². The molecule has 0 fully saturated rings. The lowest BCUT2D eigenvalue weighted by molar-refractivity contribution is -0.137. The van der Waals surface area contributed by atoms with E-state index >= 15 is 0 Å². The first kappa shape index (κ1) is 14.7. The van der Waals surface area contributed by atoms with Gasteiger partial charge in [0.25, 0.3) is 11.8 Å². The van der Waals surface area contributed by atoms with Crippen LogP contribution in [-0.4, -0.2) is 46.8 Å². The monoisotopic (exact) mass is 290 g/mol. The van der Waals surface area contributed by atoms with Crippen LogP contribution in [0.4, 0.5) is 0 Å². The minimum atomic E-state index is -1.12. The average Bonchev–Trinajstić information content (AvgIpc) is 2.70. The molecule has 0 saturated carbocycles. The molecule has 0 bridgehead atoms. The maximum absolute atomic E-state index is 12.0. The van der Waals surface area contributed by atoms with E-state index in [2.05, 4.69) is 5.32 Å². The number of nitrogens with one attached hydrogen (secondary N) is 1. The lowest BCUT2D eigenvalue weighted by atomic mass is 10.1. The predicted molar refractivity (Wildman–Crippen MR) is 71.7 cm³/mol. The highest BCUT2D eigenvalue weighted by Gasteiger charge is 2.34. The van der Waals surface area contributed by atoms with Crippen LogP contribution in [0.1, 0.15) is 33.6 Å². The Balaban J connectivity index is 1.85. The summed E-state index contributed by atoms with van der Waals surface area (Å²) >= 11 is 0. The molecule has 0 aromatic heterocycles. The van der Waals surface area contributed by atoms with E-state index in [1.807, 2.05) is 0 Å². The van der Waals surface area contributed by atoms with Gasteiger partial charge in [-0.05, 0) is 18.6 Å². The second kappa shape index (κ2) is 6.17. The van der Waals surface area contributed by atoms with E-state index in [1.165, 1.54) is 0 Å². The second-order valence-corrected chi connectivity index (χ2v) is 4.58. The minimum absolute atomic E-state index is 0.0562. The van der Waals surface area contributed by atoms with Crippen LogP contribution in [0.5, 0.6) is 0 Å². The summed E-state index contributed by atoms with van der Waals surface area (Å²) in [5, 5.41) is 10.6. The highest BCUT2D eigenvalue weighted by molar-refractivity contribution is 6.21. The molecule has 2 N–H and O–H groups in total. The standard InChI is InChI=1S/C14H14N2O5/c17-11(15-8-12(18)19)6-3-7-16-13(20)9-4-1-2-5-10(9)14(16)21/h1-2,4-5H,3,6-8H2,(H,15,17)(H,18,19). The predicted octanol–water partition coefficient (Wildman–Crippen LogP) is 0.264. The van der Waals surface area contributed by atoms with Crippen molar-refractivity contribution in [3.05, 3.63) is 35.4 Å². The zero-order valence-corrected chi connectivity index (χ0v) is 11.2. The van der Waals surface area contributed by atoms with Crippen LogP contribution in [-0.2, 0) is 9.59 Å². The van der Waals surface area contributed by atoms with Gasteiger partial charge in [-0.3, -0.25) is 24.1 Å². The van der Waals surface area contributed by atoms with Gasteiger partial charge in [0.2, 0.25) is 5.91 Å². The van der Waals surface area contributed by atoms with E-state index in [-0.39, 0.29) is 31.2 Å². The topological polar surface area (TPSA) is 104 Å². The van der Waals surface area contributed by atoms with Crippen molar-refractivity contribution in [3.8, 4) is 0 Å². The van der Waals surface area contributed by atoms with Gasteiger partial charge in [-0.1, -0.05) is 12.1 Å². The number of imide groups is 1. The third kappa shape index (κ3) is 3.25. The number of aliphatic carboxylic acids is 1. The van der Waals surface area contributed by atoms with Gasteiger partial charge in [0.15, 0.2) is 0 Å². The maximum Gasteiger partial charge on any atom is 0.322 e. The van der Waals surface area contributed by atoms with E-state index < -0.39 is 18.4 Å². The van der Waals surface area contributed by atoms with Crippen LogP contribution in [0.2, 0.25) is 0 Å². The van der Waals surface area contributed by atoms with Gasteiger partial charge >= 0.3 is 5.97 Å². The Kier molecular flexibility index (Phi) is 4.32. The first-order valence-electron chi connectivity index (χ1n) is 6.44. The van der Waals surface area contributed by atoms with Gasteiger partial charge < -0.3 is 10.4 Å². The van der Waals surface area contributed by atoms with Crippen LogP contribution in [0, 0.1) is 0 Å². The van der Waals surface area contributed by atoms with Gasteiger partial charge in [-0.15, -0.1) is 0 Å². The molecular weight excluding hydrogens is 276 g/mol. The zero-order valence-electron chi connectivity index (χ0n) is 11.2. The fourth-order valence-corrected chi connectivity index (χ4v) is 2.10. The summed E-state index contributed by atoms with van der Waals surface area (Å²) in [5.41, 5.74) is 0.746. The quantitative estimate of drug-likeness (QED) is 0.732. The largest absolute Gasteiger partial charge is 0.480 e. The number of rotatable bonds is 6. The number of carboxylic acid groups (broad SMARTS) is 1. The molecule has 110 valence electrons. The minimum Gasteiger partial charge on any atom is -0.480 e. The molecular formula is C14H14N2O5. The van der Waals surface area contributed by atoms with Crippen LogP contribution in [0.3, 0.4) is 0 Å². The molecule has 21 heavy (non-hydrogen) atoms. The first-order chi connectivity index (χ1) is 10.0. The number of amides is 3. The summed E-state index contributed by atoms with van der Waals surface area (Å²) in [7, 11) is 0. The number of fused-ring (bicyclic) bond motifs is 1. The normalized spacial score (nSPS) is 13.2. The van der Waals surface area contributed by atoms with Crippen molar-refractivity contribution in [2.75, 3.05) is 13.1 Å². The molecule has 1 aliphatic rings. The molecule has 0 unspecified atom stereocenters. The number of hydrogen-bond acceptors (Lipinski definition) is 4. The summed E-state index contributed by atoms with van der Waals surface area (Å²) in [4.78, 5) is 46.8. The summed E-state index contributed by atoms with van der Waals surface area (Å²) < 4.78 is 0. The molecule has 1 aliphatic heterocycles. The molecule has 0 spiro atoms. The summed E-state index contributed by atoms with van der Waals surface area (Å²) in [6.45, 7) is -0.307. The molecule has 0 aliphatic carbocycles. The Morgan fingerprint density at radius 2 is 1.67 bits per heavy atom. The van der Waals surface area contributed by atoms with E-state index in [1.54, 1.807) is 24.3 Å². The molecule has 0 atom stereocenters.